The number of aromatic amines is 2. The molecule has 5 rings (SSSR count). The molecule has 0 radical (unpaired) electrons. The first kappa shape index (κ1) is 21.7. The van der Waals surface area contributed by atoms with Gasteiger partial charge in [-0.25, -0.2) is 9.78 Å². The summed E-state index contributed by atoms with van der Waals surface area (Å²) in [5.74, 6) is 0. The summed E-state index contributed by atoms with van der Waals surface area (Å²) in [5, 5.41) is 15.2. The zero-order valence-corrected chi connectivity index (χ0v) is 19.4. The second-order valence-corrected chi connectivity index (χ2v) is 9.27. The van der Waals surface area contributed by atoms with Gasteiger partial charge < -0.3 is 19.9 Å². The number of pyridine rings is 1. The van der Waals surface area contributed by atoms with Crippen molar-refractivity contribution in [3.05, 3.63) is 60.6 Å². The lowest BCUT2D eigenvalue weighted by molar-refractivity contribution is 0.0270. The number of nitrogens with zero attached hydrogens (tertiary/aromatic N) is 4. The highest BCUT2D eigenvalue weighted by atomic mass is 16.6. The molecule has 9 heteroatoms. The lowest BCUT2D eigenvalue weighted by Crippen LogP contribution is -2.39. The maximum absolute atomic E-state index is 12.4. The predicted molar refractivity (Wildman–Crippen MR) is 132 cm³/mol. The van der Waals surface area contributed by atoms with Crippen LogP contribution in [0.1, 0.15) is 32.9 Å². The Balaban J connectivity index is 1.36. The second-order valence-electron chi connectivity index (χ2n) is 9.27. The third kappa shape index (κ3) is 4.63. The molecule has 0 spiro atoms. The Labute approximate surface area is 197 Å². The Morgan fingerprint density at radius 1 is 1.21 bits per heavy atom. The number of H-pyrrole nitrogens is 2. The Morgan fingerprint density at radius 2 is 2.09 bits per heavy atom. The highest BCUT2D eigenvalue weighted by Gasteiger charge is 2.24. The first-order chi connectivity index (χ1) is 16.4. The monoisotopic (exact) mass is 457 g/mol. The van der Waals surface area contributed by atoms with Crippen LogP contribution in [-0.4, -0.2) is 55.1 Å². The summed E-state index contributed by atoms with van der Waals surface area (Å²) < 4.78 is 5.49. The molecule has 0 atom stereocenters. The number of nitrogens with one attached hydrogen (secondary N) is 3. The van der Waals surface area contributed by atoms with E-state index in [0.29, 0.717) is 13.1 Å². The molecular weight excluding hydrogens is 430 g/mol. The van der Waals surface area contributed by atoms with Gasteiger partial charge in [0, 0.05) is 41.6 Å². The molecule has 0 saturated heterocycles. The lowest BCUT2D eigenvalue weighted by atomic mass is 10.0. The molecule has 3 aromatic heterocycles. The molecule has 174 valence electrons. The normalized spacial score (nSPS) is 14.2. The van der Waals surface area contributed by atoms with Crippen LogP contribution in [0.15, 0.2) is 54.9 Å². The van der Waals surface area contributed by atoms with Crippen LogP contribution in [0.25, 0.3) is 27.9 Å². The van der Waals surface area contributed by atoms with Crippen LogP contribution in [0.2, 0.25) is 0 Å². The largest absolute Gasteiger partial charge is 0.444 e. The van der Waals surface area contributed by atoms with Crippen molar-refractivity contribution in [3.63, 3.8) is 0 Å². The van der Waals surface area contributed by atoms with E-state index in [2.05, 4.69) is 42.8 Å². The third-order valence-electron chi connectivity index (χ3n) is 5.59. The maximum Gasteiger partial charge on any atom is 0.410 e. The highest BCUT2D eigenvalue weighted by molar-refractivity contribution is 5.94. The zero-order chi connectivity index (χ0) is 23.7. The molecule has 1 aromatic carbocycles. The minimum Gasteiger partial charge on any atom is -0.444 e. The fourth-order valence-corrected chi connectivity index (χ4v) is 3.97. The van der Waals surface area contributed by atoms with Crippen LogP contribution in [-0.2, 0) is 4.74 Å². The van der Waals surface area contributed by atoms with Crippen molar-refractivity contribution in [1.82, 2.24) is 30.3 Å². The van der Waals surface area contributed by atoms with Crippen molar-refractivity contribution < 1.29 is 9.53 Å². The zero-order valence-electron chi connectivity index (χ0n) is 19.4. The molecule has 3 N–H and O–H groups in total. The van der Waals surface area contributed by atoms with E-state index >= 15 is 0 Å². The van der Waals surface area contributed by atoms with Crippen LogP contribution in [0, 0.1) is 0 Å². The van der Waals surface area contributed by atoms with Gasteiger partial charge in [-0.2, -0.15) is 15.4 Å². The Hall–Kier alpha value is -4.14. The second kappa shape index (κ2) is 8.66. The molecule has 0 aliphatic carbocycles. The number of hydrogen-bond acceptors (Lipinski definition) is 6. The fraction of sp³-hybridized carbons (Fsp3) is 0.280. The number of rotatable bonds is 4. The molecule has 1 aliphatic heterocycles. The molecule has 9 nitrogen and oxygen atoms in total. The smallest absolute Gasteiger partial charge is 0.410 e. The van der Waals surface area contributed by atoms with Crippen LogP contribution in [0.4, 0.5) is 16.2 Å². The number of amides is 1. The average Bonchev–Trinajstić information content (AvgIpc) is 3.49. The number of anilines is 2. The van der Waals surface area contributed by atoms with Gasteiger partial charge in [0.15, 0.2) is 0 Å². The third-order valence-corrected chi connectivity index (χ3v) is 5.59. The Morgan fingerprint density at radius 3 is 2.82 bits per heavy atom. The van der Waals surface area contributed by atoms with E-state index in [0.717, 1.165) is 51.4 Å². The van der Waals surface area contributed by atoms with Crippen LogP contribution in [0.5, 0.6) is 0 Å². The maximum atomic E-state index is 12.4. The molecular formula is C25H27N7O2. The molecule has 0 saturated carbocycles. The Bertz CT molecular complexity index is 1350. The van der Waals surface area contributed by atoms with E-state index in [9.17, 15) is 4.79 Å². The molecule has 4 aromatic rings. The van der Waals surface area contributed by atoms with E-state index in [-0.39, 0.29) is 6.09 Å². The topological polar surface area (TPSA) is 112 Å². The first-order valence-corrected chi connectivity index (χ1v) is 11.2. The fourth-order valence-electron chi connectivity index (χ4n) is 3.97. The van der Waals surface area contributed by atoms with E-state index in [1.54, 1.807) is 17.3 Å². The van der Waals surface area contributed by atoms with Gasteiger partial charge in [0.05, 0.1) is 11.9 Å². The standard InChI is InChI=1S/C25H27N7O2/c1-25(2,3)34-24(33)32-11-8-16(9-12-32)21-14-19-20(7-10-26-23(19)29-21)28-18-6-4-5-17(13-18)22-15-27-31-30-22/h4-8,10,13-15H,9,11-12H2,1-3H3,(H2,26,28,29)(H,27,30,31). The summed E-state index contributed by atoms with van der Waals surface area (Å²) in [7, 11) is 0. The van der Waals surface area contributed by atoms with Crippen molar-refractivity contribution in [1.29, 1.82) is 0 Å². The summed E-state index contributed by atoms with van der Waals surface area (Å²) in [6, 6.07) is 12.1. The van der Waals surface area contributed by atoms with Crippen LogP contribution in [0.3, 0.4) is 0 Å². The molecule has 0 bridgehead atoms. The number of benzene rings is 1. The van der Waals surface area contributed by atoms with Gasteiger partial charge in [0.1, 0.15) is 16.9 Å². The van der Waals surface area contributed by atoms with Gasteiger partial charge in [-0.15, -0.1) is 0 Å². The molecule has 34 heavy (non-hydrogen) atoms. The number of carbonyl (C=O) groups excluding carboxylic acids is 1. The summed E-state index contributed by atoms with van der Waals surface area (Å²) in [6.07, 6.45) is 6.03. The molecule has 0 unspecified atom stereocenters. The van der Waals surface area contributed by atoms with Crippen molar-refractivity contribution in [2.45, 2.75) is 32.8 Å². The average molecular weight is 458 g/mol. The van der Waals surface area contributed by atoms with Crippen LogP contribution < -0.4 is 5.32 Å². The summed E-state index contributed by atoms with van der Waals surface area (Å²) in [6.45, 7) is 6.77. The van der Waals surface area contributed by atoms with E-state index in [1.807, 2.05) is 51.1 Å². The highest BCUT2D eigenvalue weighted by Crippen LogP contribution is 2.31. The van der Waals surface area contributed by atoms with Crippen molar-refractivity contribution >= 4 is 34.1 Å². The summed E-state index contributed by atoms with van der Waals surface area (Å²) in [4.78, 5) is 22.0. The molecule has 1 aliphatic rings. The van der Waals surface area contributed by atoms with E-state index in [1.165, 1.54) is 0 Å². The number of fused-ring (bicyclic) bond motifs is 1. The van der Waals surface area contributed by atoms with Crippen molar-refractivity contribution in [3.8, 4) is 11.3 Å². The molecule has 1 amide bonds. The van der Waals surface area contributed by atoms with Gasteiger partial charge in [-0.05, 0) is 57.0 Å². The minimum absolute atomic E-state index is 0.277. The molecule has 0 fully saturated rings. The summed E-state index contributed by atoms with van der Waals surface area (Å²) in [5.41, 5.74) is 6.15. The Kier molecular flexibility index (Phi) is 5.53. The van der Waals surface area contributed by atoms with Crippen molar-refractivity contribution in [2.75, 3.05) is 18.4 Å². The van der Waals surface area contributed by atoms with Gasteiger partial charge in [0.25, 0.3) is 0 Å². The number of hydrogen-bond donors (Lipinski definition) is 3. The first-order valence-electron chi connectivity index (χ1n) is 11.2. The predicted octanol–water partition coefficient (Wildman–Crippen LogP) is 5.12. The van der Waals surface area contributed by atoms with Gasteiger partial charge in [-0.3, -0.25) is 0 Å². The summed E-state index contributed by atoms with van der Waals surface area (Å²) >= 11 is 0. The number of aromatic nitrogens is 5. The van der Waals surface area contributed by atoms with Gasteiger partial charge in [0.2, 0.25) is 0 Å². The number of ether oxygens (including phenoxy) is 1. The van der Waals surface area contributed by atoms with E-state index in [4.69, 9.17) is 4.74 Å². The molecule has 4 heterocycles. The lowest BCUT2D eigenvalue weighted by Gasteiger charge is -2.29. The van der Waals surface area contributed by atoms with Crippen LogP contribution >= 0.6 is 0 Å². The van der Waals surface area contributed by atoms with E-state index < -0.39 is 5.60 Å². The number of carbonyl (C=O) groups is 1. The SMILES string of the molecule is CC(C)(C)OC(=O)N1CC=C(c2cc3c(Nc4cccc(-c5cn[nH]n5)c4)ccnc3[nH]2)CC1. The van der Waals surface area contributed by atoms with Gasteiger partial charge >= 0.3 is 6.09 Å². The van der Waals surface area contributed by atoms with Crippen molar-refractivity contribution in [2.24, 2.45) is 0 Å². The quantitative estimate of drug-likeness (QED) is 0.392. The minimum atomic E-state index is -0.498. The van der Waals surface area contributed by atoms with Gasteiger partial charge in [-0.1, -0.05) is 18.2 Å².